The SMILES string of the molecule is Cc1cccc(C#N)c1Sc1nccn1C. The topological polar surface area (TPSA) is 41.6 Å². The number of hydrogen-bond acceptors (Lipinski definition) is 3. The third kappa shape index (κ3) is 1.95. The average Bonchev–Trinajstić information content (AvgIpc) is 2.67. The van der Waals surface area contributed by atoms with Gasteiger partial charge in [-0.3, -0.25) is 0 Å². The zero-order valence-corrected chi connectivity index (χ0v) is 9.95. The number of benzene rings is 1. The quantitative estimate of drug-likeness (QED) is 0.795. The normalized spacial score (nSPS) is 10.1. The highest BCUT2D eigenvalue weighted by Gasteiger charge is 2.09. The molecule has 2 rings (SSSR count). The van der Waals surface area contributed by atoms with Crippen molar-refractivity contribution >= 4 is 11.8 Å². The molecule has 4 heteroatoms. The van der Waals surface area contributed by atoms with E-state index in [0.717, 1.165) is 15.6 Å². The second-order valence-corrected chi connectivity index (χ2v) is 4.46. The lowest BCUT2D eigenvalue weighted by Crippen LogP contribution is -1.91. The maximum atomic E-state index is 9.05. The van der Waals surface area contributed by atoms with E-state index < -0.39 is 0 Å². The van der Waals surface area contributed by atoms with Crippen LogP contribution in [0.25, 0.3) is 0 Å². The van der Waals surface area contributed by atoms with Crippen LogP contribution in [0.4, 0.5) is 0 Å². The summed E-state index contributed by atoms with van der Waals surface area (Å²) in [5.41, 5.74) is 1.81. The third-order valence-corrected chi connectivity index (χ3v) is 3.62. The molecule has 2 aromatic rings. The first-order valence-corrected chi connectivity index (χ1v) is 5.69. The molecule has 0 unspecified atom stereocenters. The second kappa shape index (κ2) is 4.42. The van der Waals surface area contributed by atoms with Gasteiger partial charge in [0.05, 0.1) is 5.56 Å². The number of aryl methyl sites for hydroxylation is 2. The summed E-state index contributed by atoms with van der Waals surface area (Å²) in [5, 5.41) is 9.94. The molecule has 80 valence electrons. The lowest BCUT2D eigenvalue weighted by Gasteiger charge is -2.06. The summed E-state index contributed by atoms with van der Waals surface area (Å²) in [6.07, 6.45) is 3.65. The van der Waals surface area contributed by atoms with Gasteiger partial charge in [-0.15, -0.1) is 0 Å². The van der Waals surface area contributed by atoms with E-state index in [0.29, 0.717) is 5.56 Å². The van der Waals surface area contributed by atoms with Crippen molar-refractivity contribution in [2.24, 2.45) is 7.05 Å². The Morgan fingerprint density at radius 2 is 2.25 bits per heavy atom. The van der Waals surface area contributed by atoms with Gasteiger partial charge in [0, 0.05) is 24.3 Å². The molecular weight excluding hydrogens is 218 g/mol. The van der Waals surface area contributed by atoms with Gasteiger partial charge in [-0.05, 0) is 30.3 Å². The molecular formula is C12H11N3S. The predicted octanol–water partition coefficient (Wildman–Crippen LogP) is 2.75. The van der Waals surface area contributed by atoms with Crippen LogP contribution >= 0.6 is 11.8 Å². The summed E-state index contributed by atoms with van der Waals surface area (Å²) in [4.78, 5) is 5.23. The Bertz CT molecular complexity index is 552. The molecule has 1 aromatic carbocycles. The summed E-state index contributed by atoms with van der Waals surface area (Å²) >= 11 is 1.53. The third-order valence-electron chi connectivity index (χ3n) is 2.30. The summed E-state index contributed by atoms with van der Waals surface area (Å²) in [5.74, 6) is 0. The molecule has 0 bridgehead atoms. The Balaban J connectivity index is 2.42. The molecule has 16 heavy (non-hydrogen) atoms. The van der Waals surface area contributed by atoms with Gasteiger partial charge in [0.2, 0.25) is 0 Å². The predicted molar refractivity (Wildman–Crippen MR) is 63.2 cm³/mol. The maximum absolute atomic E-state index is 9.05. The molecule has 0 atom stereocenters. The van der Waals surface area contributed by atoms with Gasteiger partial charge in [-0.25, -0.2) is 4.98 Å². The van der Waals surface area contributed by atoms with Crippen molar-refractivity contribution < 1.29 is 0 Å². The average molecular weight is 229 g/mol. The van der Waals surface area contributed by atoms with E-state index in [1.54, 1.807) is 6.20 Å². The molecule has 0 saturated carbocycles. The minimum Gasteiger partial charge on any atom is -0.329 e. The molecule has 3 nitrogen and oxygen atoms in total. The minimum absolute atomic E-state index is 0.702. The summed E-state index contributed by atoms with van der Waals surface area (Å²) < 4.78 is 1.94. The first-order chi connectivity index (χ1) is 7.72. The van der Waals surface area contributed by atoms with Crippen molar-refractivity contribution in [3.8, 4) is 6.07 Å². The molecule has 0 saturated heterocycles. The van der Waals surface area contributed by atoms with Crippen molar-refractivity contribution in [3.63, 3.8) is 0 Å². The van der Waals surface area contributed by atoms with Gasteiger partial charge in [0.1, 0.15) is 6.07 Å². The Morgan fingerprint density at radius 1 is 1.44 bits per heavy atom. The fourth-order valence-electron chi connectivity index (χ4n) is 1.42. The summed E-state index contributed by atoms with van der Waals surface area (Å²) in [6.45, 7) is 2.01. The fraction of sp³-hybridized carbons (Fsp3) is 0.167. The minimum atomic E-state index is 0.702. The molecule has 0 aliphatic rings. The molecule has 1 aromatic heterocycles. The van der Waals surface area contributed by atoms with Gasteiger partial charge in [0.15, 0.2) is 5.16 Å². The van der Waals surface area contributed by atoms with Crippen molar-refractivity contribution in [2.45, 2.75) is 17.0 Å². The Labute approximate surface area is 98.7 Å². The number of hydrogen-bond donors (Lipinski definition) is 0. The van der Waals surface area contributed by atoms with Crippen LogP contribution in [0.2, 0.25) is 0 Å². The Kier molecular flexibility index (Phi) is 2.97. The van der Waals surface area contributed by atoms with E-state index in [-0.39, 0.29) is 0 Å². The molecule has 0 aliphatic carbocycles. The van der Waals surface area contributed by atoms with Crippen LogP contribution in [0.15, 0.2) is 40.6 Å². The molecule has 0 N–H and O–H groups in total. The van der Waals surface area contributed by atoms with Crippen LogP contribution < -0.4 is 0 Å². The second-order valence-electron chi connectivity index (χ2n) is 3.49. The van der Waals surface area contributed by atoms with E-state index in [1.807, 2.05) is 42.9 Å². The number of aromatic nitrogens is 2. The van der Waals surface area contributed by atoms with E-state index in [4.69, 9.17) is 5.26 Å². The smallest absolute Gasteiger partial charge is 0.172 e. The number of rotatable bonds is 2. The van der Waals surface area contributed by atoms with Crippen molar-refractivity contribution in [1.29, 1.82) is 5.26 Å². The van der Waals surface area contributed by atoms with E-state index in [1.165, 1.54) is 11.8 Å². The van der Waals surface area contributed by atoms with Crippen LogP contribution in [0.1, 0.15) is 11.1 Å². The van der Waals surface area contributed by atoms with Crippen molar-refractivity contribution in [2.75, 3.05) is 0 Å². The first-order valence-electron chi connectivity index (χ1n) is 4.87. The molecule has 0 amide bonds. The molecule has 0 radical (unpaired) electrons. The highest BCUT2D eigenvalue weighted by molar-refractivity contribution is 7.99. The monoisotopic (exact) mass is 229 g/mol. The van der Waals surface area contributed by atoms with Gasteiger partial charge in [0.25, 0.3) is 0 Å². The van der Waals surface area contributed by atoms with Gasteiger partial charge in [-0.1, -0.05) is 12.1 Å². The number of nitrogens with zero attached hydrogens (tertiary/aromatic N) is 3. The van der Waals surface area contributed by atoms with E-state index in [2.05, 4.69) is 11.1 Å². The van der Waals surface area contributed by atoms with Crippen LogP contribution in [-0.4, -0.2) is 9.55 Å². The largest absolute Gasteiger partial charge is 0.329 e. The first kappa shape index (κ1) is 10.8. The highest BCUT2D eigenvalue weighted by Crippen LogP contribution is 2.31. The zero-order chi connectivity index (χ0) is 11.5. The molecule has 0 aliphatic heterocycles. The van der Waals surface area contributed by atoms with Crippen LogP contribution in [0, 0.1) is 18.3 Å². The maximum Gasteiger partial charge on any atom is 0.172 e. The van der Waals surface area contributed by atoms with E-state index in [9.17, 15) is 0 Å². The number of nitriles is 1. The molecule has 1 heterocycles. The van der Waals surface area contributed by atoms with Crippen molar-refractivity contribution in [1.82, 2.24) is 9.55 Å². The van der Waals surface area contributed by atoms with Crippen LogP contribution in [-0.2, 0) is 7.05 Å². The van der Waals surface area contributed by atoms with Crippen LogP contribution in [0.3, 0.4) is 0 Å². The lowest BCUT2D eigenvalue weighted by atomic mass is 10.1. The lowest BCUT2D eigenvalue weighted by molar-refractivity contribution is 0.790. The molecule has 0 spiro atoms. The van der Waals surface area contributed by atoms with Gasteiger partial charge < -0.3 is 4.57 Å². The van der Waals surface area contributed by atoms with Gasteiger partial charge >= 0.3 is 0 Å². The van der Waals surface area contributed by atoms with Crippen molar-refractivity contribution in [3.05, 3.63) is 41.7 Å². The van der Waals surface area contributed by atoms with E-state index >= 15 is 0 Å². The summed E-state index contributed by atoms with van der Waals surface area (Å²) in [7, 11) is 1.94. The van der Waals surface area contributed by atoms with Gasteiger partial charge in [-0.2, -0.15) is 5.26 Å². The highest BCUT2D eigenvalue weighted by atomic mass is 32.2. The Hall–Kier alpha value is -1.73. The summed E-state index contributed by atoms with van der Waals surface area (Å²) in [6, 6.07) is 7.95. The number of imidazole rings is 1. The zero-order valence-electron chi connectivity index (χ0n) is 9.14. The Morgan fingerprint density at radius 3 is 2.88 bits per heavy atom. The fourth-order valence-corrected chi connectivity index (χ4v) is 2.37. The van der Waals surface area contributed by atoms with Crippen LogP contribution in [0.5, 0.6) is 0 Å². The molecule has 0 fully saturated rings. The standard InChI is InChI=1S/C12H11N3S/c1-9-4-3-5-10(8-13)11(9)16-12-14-6-7-15(12)2/h3-7H,1-2H3.